The van der Waals surface area contributed by atoms with Crippen LogP contribution in [-0.4, -0.2) is 13.3 Å². The van der Waals surface area contributed by atoms with Crippen molar-refractivity contribution in [2.24, 2.45) is 0 Å². The van der Waals surface area contributed by atoms with Crippen LogP contribution < -0.4 is 5.32 Å². The number of allylic oxidation sites excluding steroid dienone is 3. The zero-order valence-electron chi connectivity index (χ0n) is 10.4. The highest BCUT2D eigenvalue weighted by molar-refractivity contribution is 6.08. The molecule has 0 radical (unpaired) electrons. The molecular weight excluding hydrogens is 208 g/mol. The van der Waals surface area contributed by atoms with Gasteiger partial charge in [0.05, 0.1) is 0 Å². The Balaban J connectivity index is 2.44. The summed E-state index contributed by atoms with van der Waals surface area (Å²) < 4.78 is 0. The highest BCUT2D eigenvalue weighted by atomic mass is 14.8. The van der Waals surface area contributed by atoms with E-state index in [2.05, 4.69) is 36.5 Å². The molecule has 88 valence electrons. The maximum absolute atomic E-state index is 7.44. The molecule has 0 aliphatic heterocycles. The Kier molecular flexibility index (Phi) is 3.43. The smallest absolute Gasteiger partial charge is 0.0270 e. The summed E-state index contributed by atoms with van der Waals surface area (Å²) in [5.74, 6) is 0. The lowest BCUT2D eigenvalue weighted by molar-refractivity contribution is 0.974. The van der Waals surface area contributed by atoms with Gasteiger partial charge < -0.3 is 10.7 Å². The molecule has 0 fully saturated rings. The standard InChI is InChI=1S/C15H18N2/c1-11-4-3-5-13-8-12(6-7-15(11)13)14(9-16)10-17-2/h4,6-10,16-17H,3,5H2,1-2H3/b14-10+,16-9?. The number of benzene rings is 1. The Morgan fingerprint density at radius 1 is 1.41 bits per heavy atom. The Morgan fingerprint density at radius 3 is 2.94 bits per heavy atom. The van der Waals surface area contributed by atoms with Crippen LogP contribution in [0.1, 0.15) is 30.0 Å². The summed E-state index contributed by atoms with van der Waals surface area (Å²) in [7, 11) is 1.86. The minimum atomic E-state index is 0.919. The molecule has 2 N–H and O–H groups in total. The minimum Gasteiger partial charge on any atom is -0.393 e. The molecule has 0 heterocycles. The lowest BCUT2D eigenvalue weighted by atomic mass is 9.89. The SMILES string of the molecule is CN/C=C(\C=N)c1ccc2c(c1)CCC=C2C. The van der Waals surface area contributed by atoms with Crippen molar-refractivity contribution < 1.29 is 0 Å². The van der Waals surface area contributed by atoms with Crippen molar-refractivity contribution in [1.29, 1.82) is 5.41 Å². The van der Waals surface area contributed by atoms with Crippen molar-refractivity contribution in [2.75, 3.05) is 7.05 Å². The van der Waals surface area contributed by atoms with E-state index < -0.39 is 0 Å². The van der Waals surface area contributed by atoms with Crippen LogP contribution in [0.15, 0.2) is 30.5 Å². The van der Waals surface area contributed by atoms with Crippen molar-refractivity contribution >= 4 is 17.4 Å². The predicted octanol–water partition coefficient (Wildman–Crippen LogP) is 3.25. The van der Waals surface area contributed by atoms with E-state index in [0.29, 0.717) is 0 Å². The molecule has 0 spiro atoms. The molecular formula is C15H18N2. The van der Waals surface area contributed by atoms with Crippen molar-refractivity contribution in [1.82, 2.24) is 5.32 Å². The number of hydrogen-bond acceptors (Lipinski definition) is 2. The second-order valence-electron chi connectivity index (χ2n) is 4.33. The Labute approximate surface area is 103 Å². The van der Waals surface area contributed by atoms with E-state index in [1.807, 2.05) is 13.2 Å². The first kappa shape index (κ1) is 11.6. The first-order chi connectivity index (χ1) is 8.26. The Morgan fingerprint density at radius 2 is 2.24 bits per heavy atom. The normalized spacial score (nSPS) is 14.9. The number of aryl methyl sites for hydroxylation is 1. The molecule has 1 aromatic carbocycles. The zero-order valence-corrected chi connectivity index (χ0v) is 10.4. The van der Waals surface area contributed by atoms with Gasteiger partial charge in [-0.1, -0.05) is 24.3 Å². The molecule has 2 heteroatoms. The highest BCUT2D eigenvalue weighted by Crippen LogP contribution is 2.28. The Hall–Kier alpha value is -1.83. The van der Waals surface area contributed by atoms with Crippen LogP contribution in [0.2, 0.25) is 0 Å². The van der Waals surface area contributed by atoms with Gasteiger partial charge in [-0.15, -0.1) is 0 Å². The zero-order chi connectivity index (χ0) is 12.3. The van der Waals surface area contributed by atoms with Crippen LogP contribution in [0, 0.1) is 5.41 Å². The Bertz CT molecular complexity index is 496. The summed E-state index contributed by atoms with van der Waals surface area (Å²) in [5.41, 5.74) is 6.15. The lowest BCUT2D eigenvalue weighted by Gasteiger charge is -2.16. The van der Waals surface area contributed by atoms with Gasteiger partial charge in [0.1, 0.15) is 0 Å². The van der Waals surface area contributed by atoms with Crippen LogP contribution in [0.4, 0.5) is 0 Å². The predicted molar refractivity (Wildman–Crippen MR) is 74.2 cm³/mol. The van der Waals surface area contributed by atoms with Gasteiger partial charge in [0.25, 0.3) is 0 Å². The van der Waals surface area contributed by atoms with Crippen LogP contribution >= 0.6 is 0 Å². The van der Waals surface area contributed by atoms with Crippen LogP contribution in [0.3, 0.4) is 0 Å². The summed E-state index contributed by atoms with van der Waals surface area (Å²) >= 11 is 0. The molecule has 0 saturated carbocycles. The van der Waals surface area contributed by atoms with Crippen molar-refractivity contribution in [3.8, 4) is 0 Å². The summed E-state index contributed by atoms with van der Waals surface area (Å²) in [5, 5.41) is 10.4. The van der Waals surface area contributed by atoms with Crippen LogP contribution in [0.5, 0.6) is 0 Å². The lowest BCUT2D eigenvalue weighted by Crippen LogP contribution is -2.01. The first-order valence-electron chi connectivity index (χ1n) is 5.94. The highest BCUT2D eigenvalue weighted by Gasteiger charge is 2.10. The third-order valence-corrected chi connectivity index (χ3v) is 3.18. The fourth-order valence-corrected chi connectivity index (χ4v) is 2.28. The molecule has 2 nitrogen and oxygen atoms in total. The summed E-state index contributed by atoms with van der Waals surface area (Å²) in [6.45, 7) is 2.17. The van der Waals surface area contributed by atoms with Gasteiger partial charge in [-0.3, -0.25) is 0 Å². The van der Waals surface area contributed by atoms with E-state index in [4.69, 9.17) is 5.41 Å². The van der Waals surface area contributed by atoms with Gasteiger partial charge in [0.15, 0.2) is 0 Å². The maximum atomic E-state index is 7.44. The average Bonchev–Trinajstić information content (AvgIpc) is 2.36. The number of hydrogen-bond donors (Lipinski definition) is 2. The van der Waals surface area contributed by atoms with Gasteiger partial charge in [0, 0.05) is 25.0 Å². The van der Waals surface area contributed by atoms with Gasteiger partial charge in [-0.25, -0.2) is 0 Å². The van der Waals surface area contributed by atoms with Crippen molar-refractivity contribution in [3.63, 3.8) is 0 Å². The summed E-state index contributed by atoms with van der Waals surface area (Å²) in [6.07, 6.45) is 7.77. The summed E-state index contributed by atoms with van der Waals surface area (Å²) in [4.78, 5) is 0. The first-order valence-corrected chi connectivity index (χ1v) is 5.94. The van der Waals surface area contributed by atoms with Gasteiger partial charge in [-0.2, -0.15) is 0 Å². The quantitative estimate of drug-likeness (QED) is 0.762. The fraction of sp³-hybridized carbons (Fsp3) is 0.267. The van der Waals surface area contributed by atoms with Gasteiger partial charge in [-0.05, 0) is 42.0 Å². The van der Waals surface area contributed by atoms with Crippen LogP contribution in [-0.2, 0) is 6.42 Å². The van der Waals surface area contributed by atoms with E-state index in [1.54, 1.807) is 0 Å². The molecule has 0 amide bonds. The molecule has 0 saturated heterocycles. The van der Waals surface area contributed by atoms with E-state index >= 15 is 0 Å². The molecule has 1 aliphatic rings. The van der Waals surface area contributed by atoms with Crippen LogP contribution in [0.25, 0.3) is 11.1 Å². The molecule has 0 aromatic heterocycles. The van der Waals surface area contributed by atoms with Crippen molar-refractivity contribution in [2.45, 2.75) is 19.8 Å². The van der Waals surface area contributed by atoms with E-state index in [0.717, 1.165) is 24.0 Å². The topological polar surface area (TPSA) is 35.9 Å². The van der Waals surface area contributed by atoms with Gasteiger partial charge in [0.2, 0.25) is 0 Å². The molecule has 1 aromatic rings. The van der Waals surface area contributed by atoms with E-state index in [-0.39, 0.29) is 0 Å². The maximum Gasteiger partial charge on any atom is 0.0270 e. The average molecular weight is 226 g/mol. The monoisotopic (exact) mass is 226 g/mol. The fourth-order valence-electron chi connectivity index (χ4n) is 2.28. The molecule has 17 heavy (non-hydrogen) atoms. The minimum absolute atomic E-state index is 0.919. The van der Waals surface area contributed by atoms with Crippen molar-refractivity contribution in [3.05, 3.63) is 47.2 Å². The molecule has 0 bridgehead atoms. The number of rotatable bonds is 3. The van der Waals surface area contributed by atoms with E-state index in [1.165, 1.54) is 22.9 Å². The van der Waals surface area contributed by atoms with E-state index in [9.17, 15) is 0 Å². The molecule has 0 atom stereocenters. The second kappa shape index (κ2) is 5.00. The van der Waals surface area contributed by atoms with Gasteiger partial charge >= 0.3 is 0 Å². The third kappa shape index (κ3) is 2.31. The molecule has 2 rings (SSSR count). The number of nitrogens with one attached hydrogen (secondary N) is 2. The summed E-state index contributed by atoms with van der Waals surface area (Å²) in [6, 6.07) is 6.47. The molecule has 1 aliphatic carbocycles. The number of fused-ring (bicyclic) bond motifs is 1. The second-order valence-corrected chi connectivity index (χ2v) is 4.33. The third-order valence-electron chi connectivity index (χ3n) is 3.18. The largest absolute Gasteiger partial charge is 0.393 e. The molecule has 0 unspecified atom stereocenters.